The number of halogens is 2. The summed E-state index contributed by atoms with van der Waals surface area (Å²) in [5, 5.41) is 0.424. The zero-order chi connectivity index (χ0) is 15.3. The Kier molecular flexibility index (Phi) is 3.30. The molecule has 5 nitrogen and oxygen atoms in total. The fourth-order valence-electron chi connectivity index (χ4n) is 2.43. The van der Waals surface area contributed by atoms with Crippen LogP contribution in [0.4, 0.5) is 0 Å². The maximum Gasteiger partial charge on any atom is 0.331 e. The van der Waals surface area contributed by atoms with E-state index in [0.29, 0.717) is 27.3 Å². The van der Waals surface area contributed by atoms with Crippen molar-refractivity contribution in [3.05, 3.63) is 60.3 Å². The molecule has 0 aliphatic rings. The molecule has 2 heterocycles. The molecule has 0 fully saturated rings. The van der Waals surface area contributed by atoms with Gasteiger partial charge >= 0.3 is 5.69 Å². The Morgan fingerprint density at radius 1 is 1.29 bits per heavy atom. The fourth-order valence-corrected chi connectivity index (χ4v) is 3.18. The van der Waals surface area contributed by atoms with E-state index in [1.165, 1.54) is 9.13 Å². The second-order valence-corrected chi connectivity index (χ2v) is 6.12. The van der Waals surface area contributed by atoms with Gasteiger partial charge in [0.15, 0.2) is 0 Å². The van der Waals surface area contributed by atoms with Crippen molar-refractivity contribution in [2.45, 2.75) is 6.92 Å². The van der Waals surface area contributed by atoms with Crippen LogP contribution >= 0.6 is 27.5 Å². The third-order valence-electron chi connectivity index (χ3n) is 3.39. The molecular weight excluding hydrogens is 358 g/mol. The maximum absolute atomic E-state index is 12.3. The standard InChI is InChI=1S/C14H11BrClN3O2/c1-7-12-10(6-18(2)13(7)20)17-14(21)19(12)11-4-3-8(15)5-9(11)16/h3-6H,1-2H3,(H,17,21). The molecule has 3 rings (SSSR count). The van der Waals surface area contributed by atoms with Crippen LogP contribution in [0.1, 0.15) is 5.56 Å². The van der Waals surface area contributed by atoms with E-state index in [9.17, 15) is 9.59 Å². The second-order valence-electron chi connectivity index (χ2n) is 4.79. The highest BCUT2D eigenvalue weighted by Gasteiger charge is 2.16. The van der Waals surface area contributed by atoms with E-state index in [1.54, 1.807) is 38.4 Å². The summed E-state index contributed by atoms with van der Waals surface area (Å²) in [5.41, 5.74) is 1.69. The maximum atomic E-state index is 12.3. The minimum Gasteiger partial charge on any atom is -0.316 e. The van der Waals surface area contributed by atoms with Crippen molar-refractivity contribution < 1.29 is 0 Å². The first-order valence-corrected chi connectivity index (χ1v) is 7.33. The number of nitrogens with zero attached hydrogens (tertiary/aromatic N) is 2. The van der Waals surface area contributed by atoms with Gasteiger partial charge in [-0.15, -0.1) is 0 Å². The molecule has 0 amide bonds. The molecule has 0 saturated heterocycles. The van der Waals surface area contributed by atoms with Crippen molar-refractivity contribution in [3.63, 3.8) is 0 Å². The molecule has 0 radical (unpaired) electrons. The smallest absolute Gasteiger partial charge is 0.316 e. The van der Waals surface area contributed by atoms with Crippen molar-refractivity contribution in [1.82, 2.24) is 14.1 Å². The van der Waals surface area contributed by atoms with Gasteiger partial charge in [-0.05, 0) is 25.1 Å². The van der Waals surface area contributed by atoms with E-state index in [2.05, 4.69) is 20.9 Å². The van der Waals surface area contributed by atoms with Gasteiger partial charge in [-0.2, -0.15) is 0 Å². The lowest BCUT2D eigenvalue weighted by Gasteiger charge is -2.08. The SMILES string of the molecule is Cc1c(=O)n(C)cc2[nH]c(=O)n(-c3ccc(Br)cc3Cl)c12. The summed E-state index contributed by atoms with van der Waals surface area (Å²) >= 11 is 9.56. The molecular formula is C14H11BrClN3O2. The third-order valence-corrected chi connectivity index (χ3v) is 4.19. The number of imidazole rings is 1. The van der Waals surface area contributed by atoms with Gasteiger partial charge < -0.3 is 9.55 Å². The molecule has 1 N–H and O–H groups in total. The molecule has 0 spiro atoms. The molecule has 0 saturated carbocycles. The number of aryl methyl sites for hydroxylation is 2. The number of hydrogen-bond donors (Lipinski definition) is 1. The highest BCUT2D eigenvalue weighted by atomic mass is 79.9. The summed E-state index contributed by atoms with van der Waals surface area (Å²) in [4.78, 5) is 27.1. The summed E-state index contributed by atoms with van der Waals surface area (Å²) in [6.45, 7) is 1.70. The number of rotatable bonds is 1. The molecule has 1 aromatic carbocycles. The summed E-state index contributed by atoms with van der Waals surface area (Å²) in [7, 11) is 1.65. The Hall–Kier alpha value is -1.79. The van der Waals surface area contributed by atoms with Gasteiger partial charge in [0.25, 0.3) is 5.56 Å². The summed E-state index contributed by atoms with van der Waals surface area (Å²) in [5.74, 6) is 0. The van der Waals surface area contributed by atoms with E-state index in [4.69, 9.17) is 11.6 Å². The lowest BCUT2D eigenvalue weighted by atomic mass is 10.2. The van der Waals surface area contributed by atoms with Crippen molar-refractivity contribution in [3.8, 4) is 5.69 Å². The molecule has 3 aromatic rings. The first-order valence-electron chi connectivity index (χ1n) is 6.16. The highest BCUT2D eigenvalue weighted by molar-refractivity contribution is 9.10. The first-order chi connectivity index (χ1) is 9.90. The van der Waals surface area contributed by atoms with E-state index >= 15 is 0 Å². The van der Waals surface area contributed by atoms with Gasteiger partial charge in [-0.25, -0.2) is 4.79 Å². The number of hydrogen-bond acceptors (Lipinski definition) is 2. The van der Waals surface area contributed by atoms with Crippen LogP contribution in [-0.2, 0) is 7.05 Å². The number of H-pyrrole nitrogens is 1. The predicted molar refractivity (Wildman–Crippen MR) is 86.6 cm³/mol. The van der Waals surface area contributed by atoms with Crippen molar-refractivity contribution in [2.24, 2.45) is 7.05 Å². The lowest BCUT2D eigenvalue weighted by molar-refractivity contribution is 0.856. The first kappa shape index (κ1) is 14.2. The van der Waals surface area contributed by atoms with Gasteiger partial charge in [0.2, 0.25) is 0 Å². The number of nitrogens with one attached hydrogen (secondary N) is 1. The number of benzene rings is 1. The molecule has 0 atom stereocenters. The van der Waals surface area contributed by atoms with Crippen molar-refractivity contribution in [1.29, 1.82) is 0 Å². The average Bonchev–Trinajstić information content (AvgIpc) is 2.73. The second kappa shape index (κ2) is 4.89. The zero-order valence-corrected chi connectivity index (χ0v) is 13.6. The number of fused-ring (bicyclic) bond motifs is 1. The van der Waals surface area contributed by atoms with Crippen LogP contribution in [0.25, 0.3) is 16.7 Å². The Morgan fingerprint density at radius 2 is 2.00 bits per heavy atom. The van der Waals surface area contributed by atoms with E-state index in [1.807, 2.05) is 0 Å². The topological polar surface area (TPSA) is 59.8 Å². The Morgan fingerprint density at radius 3 is 2.67 bits per heavy atom. The molecule has 0 unspecified atom stereocenters. The van der Waals surface area contributed by atoms with Crippen molar-refractivity contribution >= 4 is 38.6 Å². The molecule has 2 aromatic heterocycles. The normalized spacial score (nSPS) is 11.2. The third kappa shape index (κ3) is 2.15. The van der Waals surface area contributed by atoms with Gasteiger partial charge in [-0.1, -0.05) is 27.5 Å². The summed E-state index contributed by atoms with van der Waals surface area (Å²) in [6.07, 6.45) is 1.61. The molecule has 0 bridgehead atoms. The Balaban J connectivity index is 2.48. The molecule has 7 heteroatoms. The van der Waals surface area contributed by atoms with Crippen LogP contribution < -0.4 is 11.2 Å². The number of pyridine rings is 1. The molecule has 21 heavy (non-hydrogen) atoms. The number of aromatic nitrogens is 3. The predicted octanol–water partition coefficient (Wildman–Crippen LogP) is 2.74. The van der Waals surface area contributed by atoms with Crippen LogP contribution in [0, 0.1) is 6.92 Å². The average molecular weight is 369 g/mol. The van der Waals surface area contributed by atoms with Gasteiger partial charge in [0.05, 0.1) is 21.7 Å². The van der Waals surface area contributed by atoms with Crippen LogP contribution in [0.3, 0.4) is 0 Å². The van der Waals surface area contributed by atoms with Gasteiger partial charge in [0.1, 0.15) is 0 Å². The van der Waals surface area contributed by atoms with Crippen LogP contribution in [0.15, 0.2) is 38.5 Å². The monoisotopic (exact) mass is 367 g/mol. The van der Waals surface area contributed by atoms with E-state index < -0.39 is 0 Å². The quantitative estimate of drug-likeness (QED) is 0.718. The summed E-state index contributed by atoms with van der Waals surface area (Å²) in [6, 6.07) is 5.24. The Labute approximate surface area is 132 Å². The zero-order valence-electron chi connectivity index (χ0n) is 11.3. The molecule has 0 aliphatic heterocycles. The highest BCUT2D eigenvalue weighted by Crippen LogP contribution is 2.26. The van der Waals surface area contributed by atoms with Crippen LogP contribution in [0.5, 0.6) is 0 Å². The summed E-state index contributed by atoms with van der Waals surface area (Å²) < 4.78 is 3.69. The molecule has 0 aliphatic carbocycles. The minimum absolute atomic E-state index is 0.150. The van der Waals surface area contributed by atoms with Crippen LogP contribution in [-0.4, -0.2) is 14.1 Å². The largest absolute Gasteiger partial charge is 0.331 e. The van der Waals surface area contributed by atoms with E-state index in [0.717, 1.165) is 4.47 Å². The number of aromatic amines is 1. The Bertz CT molecular complexity index is 984. The lowest BCUT2D eigenvalue weighted by Crippen LogP contribution is -2.20. The van der Waals surface area contributed by atoms with Crippen molar-refractivity contribution in [2.75, 3.05) is 0 Å². The van der Waals surface area contributed by atoms with E-state index in [-0.39, 0.29) is 11.2 Å². The van der Waals surface area contributed by atoms with Gasteiger partial charge in [0, 0.05) is 23.3 Å². The van der Waals surface area contributed by atoms with Gasteiger partial charge in [-0.3, -0.25) is 9.36 Å². The fraction of sp³-hybridized carbons (Fsp3) is 0.143. The van der Waals surface area contributed by atoms with Crippen LogP contribution in [0.2, 0.25) is 5.02 Å². The minimum atomic E-state index is -0.331. The molecule has 108 valence electrons.